The fourth-order valence-electron chi connectivity index (χ4n) is 6.70. The van der Waals surface area contributed by atoms with Crippen LogP contribution in [0.1, 0.15) is 38.3 Å². The number of anilines is 1. The number of rotatable bonds is 6. The summed E-state index contributed by atoms with van der Waals surface area (Å²) in [5.74, 6) is -6.89. The molecule has 5 rings (SSSR count). The summed E-state index contributed by atoms with van der Waals surface area (Å²) in [6.45, 7) is 0.136. The quantitative estimate of drug-likeness (QED) is 0.249. The van der Waals surface area contributed by atoms with Gasteiger partial charge in [0.1, 0.15) is 22.8 Å². The zero-order valence-electron chi connectivity index (χ0n) is 23.1. The first-order chi connectivity index (χ1) is 19.2. The number of Topliss-reactive ketones (excluding diaryl/α,β-unsaturated/α-hetero) is 2. The van der Waals surface area contributed by atoms with Gasteiger partial charge in [-0.1, -0.05) is 0 Å². The smallest absolute Gasteiger partial charge is 0.255 e. The van der Waals surface area contributed by atoms with E-state index in [-0.39, 0.29) is 36.3 Å². The summed E-state index contributed by atoms with van der Waals surface area (Å²) >= 11 is 0. The molecule has 12 heteroatoms. The Labute approximate surface area is 235 Å². The molecular weight excluding hydrogens is 532 g/mol. The number of hydrogen-bond acceptors (Lipinski definition) is 10. The molecule has 1 amide bonds. The van der Waals surface area contributed by atoms with E-state index in [2.05, 4.69) is 0 Å². The van der Waals surface area contributed by atoms with Gasteiger partial charge in [0.25, 0.3) is 5.91 Å². The number of primary amides is 1. The van der Waals surface area contributed by atoms with E-state index in [1.165, 1.54) is 4.90 Å². The fourth-order valence-corrected chi connectivity index (χ4v) is 6.70. The second-order valence-corrected chi connectivity index (χ2v) is 11.3. The zero-order valence-corrected chi connectivity index (χ0v) is 23.1. The number of ketones is 2. The lowest BCUT2D eigenvalue weighted by molar-refractivity contribution is -0.148. The Morgan fingerprint density at radius 1 is 1.20 bits per heavy atom. The van der Waals surface area contributed by atoms with Gasteiger partial charge >= 0.3 is 0 Å². The number of phenolic OH excluding ortho intramolecular Hbond substituents is 1. The van der Waals surface area contributed by atoms with Gasteiger partial charge in [0.15, 0.2) is 17.7 Å². The molecule has 0 aliphatic heterocycles. The summed E-state index contributed by atoms with van der Waals surface area (Å²) in [7, 11) is 6.75. The molecule has 0 saturated heterocycles. The monoisotopic (exact) mass is 564 g/mol. The van der Waals surface area contributed by atoms with Crippen LogP contribution in [0.2, 0.25) is 0 Å². The molecule has 0 spiro atoms. The van der Waals surface area contributed by atoms with Crippen LogP contribution in [0.5, 0.6) is 5.75 Å². The second kappa shape index (κ2) is 9.60. The van der Waals surface area contributed by atoms with Gasteiger partial charge in [-0.05, 0) is 50.6 Å². The molecule has 3 aliphatic carbocycles. The molecular formula is C29H32N4O8. The Hall–Kier alpha value is -4.42. The number of benzene rings is 1. The van der Waals surface area contributed by atoms with Crippen LogP contribution in [0.25, 0.3) is 0 Å². The molecule has 6 N–H and O–H groups in total. The van der Waals surface area contributed by atoms with Crippen molar-refractivity contribution >= 4 is 29.4 Å². The first-order valence-corrected chi connectivity index (χ1v) is 13.0. The summed E-state index contributed by atoms with van der Waals surface area (Å²) < 4.78 is 1.68. The van der Waals surface area contributed by atoms with Crippen molar-refractivity contribution in [3.63, 3.8) is 0 Å². The lowest BCUT2D eigenvalue weighted by atomic mass is 9.58. The van der Waals surface area contributed by atoms with E-state index in [9.17, 15) is 39.6 Å². The van der Waals surface area contributed by atoms with Crippen molar-refractivity contribution in [1.82, 2.24) is 9.47 Å². The third-order valence-electron chi connectivity index (χ3n) is 8.52. The number of nitrogens with two attached hydrogens (primary N) is 1. The number of carbonyl (C=O) groups is 4. The van der Waals surface area contributed by atoms with E-state index >= 15 is 0 Å². The number of allylic oxidation sites excluding steroid dienone is 1. The molecule has 4 atom stereocenters. The number of likely N-dealkylation sites (N-methyl/N-ethyl adjacent to an activating group) is 1. The Morgan fingerprint density at radius 3 is 2.44 bits per heavy atom. The lowest BCUT2D eigenvalue weighted by Crippen LogP contribution is -2.63. The zero-order chi connectivity index (χ0) is 30.1. The molecule has 1 heterocycles. The molecule has 3 aliphatic rings. The number of nitrogens with zero attached hydrogens (tertiary/aromatic N) is 3. The maximum Gasteiger partial charge on any atom is 0.255 e. The van der Waals surface area contributed by atoms with Crippen molar-refractivity contribution in [1.29, 1.82) is 0 Å². The molecule has 12 nitrogen and oxygen atoms in total. The van der Waals surface area contributed by atoms with Crippen LogP contribution in [0.15, 0.2) is 47.2 Å². The van der Waals surface area contributed by atoms with E-state index in [1.807, 2.05) is 0 Å². The van der Waals surface area contributed by atoms with E-state index in [0.717, 1.165) is 0 Å². The van der Waals surface area contributed by atoms with Gasteiger partial charge in [0.05, 0.1) is 18.2 Å². The molecule has 0 radical (unpaired) electrons. The van der Waals surface area contributed by atoms with Gasteiger partial charge in [-0.3, -0.25) is 24.1 Å². The molecule has 0 fully saturated rings. The van der Waals surface area contributed by atoms with Crippen LogP contribution in [0.4, 0.5) is 5.69 Å². The van der Waals surface area contributed by atoms with E-state index in [0.29, 0.717) is 28.7 Å². The summed E-state index contributed by atoms with van der Waals surface area (Å²) in [5, 5.41) is 45.5. The summed E-state index contributed by atoms with van der Waals surface area (Å²) in [5.41, 5.74) is 3.58. The molecule has 0 bridgehead atoms. The number of hydrogen-bond donors (Lipinski definition) is 5. The maximum absolute atomic E-state index is 14.1. The Morgan fingerprint density at radius 2 is 1.88 bits per heavy atom. The number of carbonyl (C=O) groups excluding carboxylic acids is 4. The number of aromatic nitrogens is 1. The van der Waals surface area contributed by atoms with Crippen molar-refractivity contribution in [2.75, 3.05) is 33.1 Å². The van der Waals surface area contributed by atoms with E-state index in [1.54, 1.807) is 62.2 Å². The van der Waals surface area contributed by atoms with Crippen molar-refractivity contribution in [3.8, 4) is 5.75 Å². The van der Waals surface area contributed by atoms with Gasteiger partial charge in [-0.15, -0.1) is 0 Å². The minimum atomic E-state index is -2.70. The third-order valence-corrected chi connectivity index (χ3v) is 8.52. The average Bonchev–Trinajstić information content (AvgIpc) is 3.34. The first kappa shape index (κ1) is 28.1. The van der Waals surface area contributed by atoms with Crippen molar-refractivity contribution in [2.45, 2.75) is 31.0 Å². The highest BCUT2D eigenvalue weighted by atomic mass is 16.3. The number of fused-ring (bicyclic) bond motifs is 3. The molecule has 2 aromatic rings. The Kier molecular flexibility index (Phi) is 6.58. The van der Waals surface area contributed by atoms with Gasteiger partial charge in [0.2, 0.25) is 5.78 Å². The van der Waals surface area contributed by atoms with Crippen molar-refractivity contribution in [3.05, 3.63) is 69.4 Å². The first-order valence-electron chi connectivity index (χ1n) is 13.0. The highest BCUT2D eigenvalue weighted by Crippen LogP contribution is 2.53. The van der Waals surface area contributed by atoms with Crippen LogP contribution >= 0.6 is 0 Å². The van der Waals surface area contributed by atoms with Gasteiger partial charge in [-0.25, -0.2) is 0 Å². The van der Waals surface area contributed by atoms with Crippen LogP contribution in [0.3, 0.4) is 0 Å². The minimum absolute atomic E-state index is 0.0129. The number of aliphatic hydroxyl groups excluding tert-OH is 2. The topological polar surface area (TPSA) is 187 Å². The van der Waals surface area contributed by atoms with Crippen LogP contribution in [-0.2, 0) is 22.6 Å². The van der Waals surface area contributed by atoms with Crippen LogP contribution < -0.4 is 10.6 Å². The van der Waals surface area contributed by atoms with Crippen LogP contribution in [-0.4, -0.2) is 93.5 Å². The Balaban J connectivity index is 1.70. The third kappa shape index (κ3) is 3.97. The SMILES string of the molecule is CN(C)c1cc(Cn2ccc(C=O)c2)c(O)c2c1C[C@H]1C[C@H]3[C@@H](N(C)C)C(O)=C(C(N)=O)C(=O)[C@@]3(O)C(O)=C1C2=O. The number of aldehydes is 1. The van der Waals surface area contributed by atoms with Gasteiger partial charge < -0.3 is 35.6 Å². The molecule has 1 aromatic carbocycles. The van der Waals surface area contributed by atoms with Crippen molar-refractivity contribution in [2.24, 2.45) is 17.6 Å². The second-order valence-electron chi connectivity index (χ2n) is 11.3. The summed E-state index contributed by atoms with van der Waals surface area (Å²) in [6, 6.07) is 2.32. The van der Waals surface area contributed by atoms with Gasteiger partial charge in [-0.2, -0.15) is 0 Å². The molecule has 216 valence electrons. The van der Waals surface area contributed by atoms with E-state index < -0.39 is 58.0 Å². The normalized spacial score (nSPS) is 25.7. The molecule has 1 aromatic heterocycles. The van der Waals surface area contributed by atoms with Gasteiger partial charge in [0, 0.05) is 54.8 Å². The largest absolute Gasteiger partial charge is 0.510 e. The molecule has 0 unspecified atom stereocenters. The predicted molar refractivity (Wildman–Crippen MR) is 147 cm³/mol. The molecule has 0 saturated carbocycles. The summed E-state index contributed by atoms with van der Waals surface area (Å²) in [4.78, 5) is 54.2. The number of aliphatic hydroxyl groups is 3. The predicted octanol–water partition coefficient (Wildman–Crippen LogP) is 0.849. The minimum Gasteiger partial charge on any atom is -0.510 e. The Bertz CT molecular complexity index is 1580. The van der Waals surface area contributed by atoms with Crippen LogP contribution in [0, 0.1) is 11.8 Å². The number of aromatic hydroxyl groups is 1. The highest BCUT2D eigenvalue weighted by molar-refractivity contribution is 6.25. The van der Waals surface area contributed by atoms with Crippen molar-refractivity contribution < 1.29 is 39.6 Å². The summed E-state index contributed by atoms with van der Waals surface area (Å²) in [6.07, 6.45) is 4.16. The highest BCUT2D eigenvalue weighted by Gasteiger charge is 2.63. The number of amides is 1. The lowest BCUT2D eigenvalue weighted by Gasteiger charge is -2.50. The van der Waals surface area contributed by atoms with E-state index in [4.69, 9.17) is 5.73 Å². The standard InChI is InChI=1S/C29H32N4O8/c1-31(2)18-9-15(11-33-6-5-13(10-33)12-34)23(35)20-16(18)7-14-8-17-22(32(3)4)25(37)21(28(30)40)27(39)29(17,41)26(38)19(14)24(20)36/h5-6,9-10,12,14,17,22,35,37-38,41H,7-8,11H2,1-4H3,(H2,30,40)/t14-,17-,22+,29-/m0/s1. The molecule has 41 heavy (non-hydrogen) atoms. The fraction of sp³-hybridized carbons (Fsp3) is 0.379. The average molecular weight is 565 g/mol. The number of phenols is 1. The maximum atomic E-state index is 14.1.